The largest absolute Gasteiger partial charge is 0.497 e. The lowest BCUT2D eigenvalue weighted by Gasteiger charge is -2.12. The first-order valence-corrected chi connectivity index (χ1v) is 9.07. The number of amides is 1. The van der Waals surface area contributed by atoms with Crippen LogP contribution in [0.5, 0.6) is 11.5 Å². The lowest BCUT2D eigenvalue weighted by atomic mass is 10.1. The van der Waals surface area contributed by atoms with Crippen molar-refractivity contribution in [2.45, 2.75) is 6.92 Å². The number of ether oxygens (including phenoxy) is 2. The molecule has 1 amide bonds. The molecule has 28 heavy (non-hydrogen) atoms. The van der Waals surface area contributed by atoms with E-state index in [2.05, 4.69) is 5.32 Å². The molecule has 0 atom stereocenters. The van der Waals surface area contributed by atoms with Gasteiger partial charge in [-0.15, -0.1) is 0 Å². The molecule has 0 aromatic heterocycles. The second-order valence-corrected chi connectivity index (χ2v) is 6.26. The van der Waals surface area contributed by atoms with E-state index in [9.17, 15) is 4.79 Å². The molecule has 0 radical (unpaired) electrons. The molecule has 3 rings (SSSR count). The fourth-order valence-electron chi connectivity index (χ4n) is 2.76. The highest BCUT2D eigenvalue weighted by Crippen LogP contribution is 2.24. The first-order chi connectivity index (χ1) is 13.7. The minimum absolute atomic E-state index is 0.212. The highest BCUT2D eigenvalue weighted by molar-refractivity contribution is 6.06. The molecule has 0 unspecified atom stereocenters. The fourth-order valence-corrected chi connectivity index (χ4v) is 2.76. The average molecular weight is 373 g/mol. The zero-order chi connectivity index (χ0) is 19.8. The van der Waals surface area contributed by atoms with Gasteiger partial charge in [0, 0.05) is 5.69 Å². The summed E-state index contributed by atoms with van der Waals surface area (Å²) in [5, 5.41) is 2.94. The Balaban J connectivity index is 1.67. The zero-order valence-electron chi connectivity index (χ0n) is 16.0. The maximum atomic E-state index is 12.8. The van der Waals surface area contributed by atoms with Crippen molar-refractivity contribution >= 4 is 17.7 Å². The summed E-state index contributed by atoms with van der Waals surface area (Å²) in [4.78, 5) is 12.8. The van der Waals surface area contributed by atoms with Crippen LogP contribution in [0.15, 0.2) is 78.9 Å². The molecule has 0 bridgehead atoms. The number of para-hydroxylation sites is 1. The normalized spacial score (nSPS) is 10.6. The number of nitrogens with one attached hydrogen (secondary N) is 1. The third kappa shape index (κ3) is 5.01. The topological polar surface area (TPSA) is 47.6 Å². The summed E-state index contributed by atoms with van der Waals surface area (Å²) < 4.78 is 11.0. The maximum Gasteiger partial charge on any atom is 0.259 e. The Bertz CT molecular complexity index is 965. The Kier molecular flexibility index (Phi) is 6.47. The third-order valence-electron chi connectivity index (χ3n) is 4.26. The Hall–Kier alpha value is -3.53. The van der Waals surface area contributed by atoms with Crippen molar-refractivity contribution in [1.82, 2.24) is 0 Å². The molecular weight excluding hydrogens is 350 g/mol. The first-order valence-electron chi connectivity index (χ1n) is 9.07. The third-order valence-corrected chi connectivity index (χ3v) is 4.26. The lowest BCUT2D eigenvalue weighted by Crippen LogP contribution is -2.14. The van der Waals surface area contributed by atoms with Crippen LogP contribution in [0.2, 0.25) is 0 Å². The van der Waals surface area contributed by atoms with Crippen molar-refractivity contribution in [2.75, 3.05) is 19.0 Å². The molecule has 142 valence electrons. The molecule has 4 nitrogen and oxygen atoms in total. The smallest absolute Gasteiger partial charge is 0.259 e. The van der Waals surface area contributed by atoms with E-state index in [1.54, 1.807) is 19.2 Å². The van der Waals surface area contributed by atoms with E-state index in [-0.39, 0.29) is 5.91 Å². The number of hydrogen-bond donors (Lipinski definition) is 1. The Morgan fingerprint density at radius 3 is 2.50 bits per heavy atom. The van der Waals surface area contributed by atoms with Crippen molar-refractivity contribution in [3.8, 4) is 11.5 Å². The molecular formula is C24H23NO3. The molecule has 1 N–H and O–H groups in total. The van der Waals surface area contributed by atoms with Crippen LogP contribution >= 0.6 is 0 Å². The van der Waals surface area contributed by atoms with Crippen molar-refractivity contribution in [3.05, 3.63) is 95.6 Å². The van der Waals surface area contributed by atoms with Crippen LogP contribution in [0.3, 0.4) is 0 Å². The van der Waals surface area contributed by atoms with E-state index in [4.69, 9.17) is 9.47 Å². The first kappa shape index (κ1) is 19.2. The van der Waals surface area contributed by atoms with Gasteiger partial charge in [-0.3, -0.25) is 4.79 Å². The number of carbonyl (C=O) groups is 1. The summed E-state index contributed by atoms with van der Waals surface area (Å²) in [6.45, 7) is 2.30. The molecule has 0 heterocycles. The van der Waals surface area contributed by atoms with Crippen molar-refractivity contribution < 1.29 is 14.3 Å². The molecule has 0 saturated carbocycles. The second-order valence-electron chi connectivity index (χ2n) is 6.26. The van der Waals surface area contributed by atoms with Crippen molar-refractivity contribution in [2.24, 2.45) is 0 Å². The van der Waals surface area contributed by atoms with Gasteiger partial charge >= 0.3 is 0 Å². The Morgan fingerprint density at radius 2 is 1.75 bits per heavy atom. The van der Waals surface area contributed by atoms with Gasteiger partial charge in [-0.05, 0) is 54.5 Å². The molecule has 4 heteroatoms. The molecule has 0 aliphatic rings. The van der Waals surface area contributed by atoms with Gasteiger partial charge in [-0.2, -0.15) is 0 Å². The van der Waals surface area contributed by atoms with E-state index < -0.39 is 0 Å². The van der Waals surface area contributed by atoms with Crippen LogP contribution in [0.4, 0.5) is 5.69 Å². The van der Waals surface area contributed by atoms with E-state index in [1.807, 2.05) is 79.7 Å². The van der Waals surface area contributed by atoms with Crippen molar-refractivity contribution in [3.63, 3.8) is 0 Å². The average Bonchev–Trinajstić information content (AvgIpc) is 2.73. The number of methoxy groups -OCH3 is 1. The van der Waals surface area contributed by atoms with Crippen molar-refractivity contribution in [1.29, 1.82) is 0 Å². The minimum atomic E-state index is -0.212. The fraction of sp³-hybridized carbons (Fsp3) is 0.125. The SMILES string of the molecule is COc1ccc(NC(=O)c2ccccc2OCC=Cc2ccccc2)c(C)c1. The van der Waals surface area contributed by atoms with E-state index in [0.29, 0.717) is 17.9 Å². The van der Waals surface area contributed by atoms with Gasteiger partial charge in [0.25, 0.3) is 5.91 Å². The lowest BCUT2D eigenvalue weighted by molar-refractivity contribution is 0.102. The van der Waals surface area contributed by atoms with Gasteiger partial charge in [-0.1, -0.05) is 48.5 Å². The van der Waals surface area contributed by atoms with Gasteiger partial charge in [0.2, 0.25) is 0 Å². The number of hydrogen-bond acceptors (Lipinski definition) is 3. The summed E-state index contributed by atoms with van der Waals surface area (Å²) in [7, 11) is 1.62. The monoisotopic (exact) mass is 373 g/mol. The van der Waals surface area contributed by atoms with Crippen LogP contribution in [0.1, 0.15) is 21.5 Å². The van der Waals surface area contributed by atoms with Crippen LogP contribution in [0.25, 0.3) is 6.08 Å². The van der Waals surface area contributed by atoms with Gasteiger partial charge < -0.3 is 14.8 Å². The quantitative estimate of drug-likeness (QED) is 0.607. The summed E-state index contributed by atoms with van der Waals surface area (Å²) >= 11 is 0. The Morgan fingerprint density at radius 1 is 1.00 bits per heavy atom. The van der Waals surface area contributed by atoms with Crippen LogP contribution in [-0.2, 0) is 0 Å². The van der Waals surface area contributed by atoms with Gasteiger partial charge in [0.15, 0.2) is 0 Å². The minimum Gasteiger partial charge on any atom is -0.497 e. The predicted octanol–water partition coefficient (Wildman–Crippen LogP) is 5.35. The van der Waals surface area contributed by atoms with Gasteiger partial charge in [0.05, 0.1) is 12.7 Å². The number of anilines is 1. The van der Waals surface area contributed by atoms with Gasteiger partial charge in [-0.25, -0.2) is 0 Å². The Labute approximate surface area is 165 Å². The predicted molar refractivity (Wildman–Crippen MR) is 113 cm³/mol. The van der Waals surface area contributed by atoms with Gasteiger partial charge in [0.1, 0.15) is 18.1 Å². The summed E-state index contributed by atoms with van der Waals surface area (Å²) in [5.41, 5.74) is 3.26. The number of rotatable bonds is 7. The number of carbonyl (C=O) groups excluding carboxylic acids is 1. The number of aryl methyl sites for hydroxylation is 1. The zero-order valence-corrected chi connectivity index (χ0v) is 16.0. The van der Waals surface area contributed by atoms with Crippen LogP contribution in [0, 0.1) is 6.92 Å². The standard InChI is InChI=1S/C24H23NO3/c1-18-17-20(27-2)14-15-22(18)25-24(26)21-12-6-7-13-23(21)28-16-8-11-19-9-4-3-5-10-19/h3-15,17H,16H2,1-2H3,(H,25,26). The van der Waals surface area contributed by atoms with Crippen LogP contribution < -0.4 is 14.8 Å². The molecule has 0 fully saturated rings. The highest BCUT2D eigenvalue weighted by atomic mass is 16.5. The number of benzene rings is 3. The summed E-state index contributed by atoms with van der Waals surface area (Å²) in [6, 6.07) is 22.8. The molecule has 0 aliphatic carbocycles. The molecule has 0 spiro atoms. The molecule has 3 aromatic carbocycles. The van der Waals surface area contributed by atoms with E-state index in [1.165, 1.54) is 0 Å². The summed E-state index contributed by atoms with van der Waals surface area (Å²) in [5.74, 6) is 1.09. The summed E-state index contributed by atoms with van der Waals surface area (Å²) in [6.07, 6.45) is 3.92. The van der Waals surface area contributed by atoms with Crippen LogP contribution in [-0.4, -0.2) is 19.6 Å². The molecule has 0 aliphatic heterocycles. The maximum absolute atomic E-state index is 12.8. The van der Waals surface area contributed by atoms with E-state index >= 15 is 0 Å². The molecule has 0 saturated heterocycles. The highest BCUT2D eigenvalue weighted by Gasteiger charge is 2.13. The molecule has 3 aromatic rings. The second kappa shape index (κ2) is 9.42. The van der Waals surface area contributed by atoms with E-state index in [0.717, 1.165) is 22.6 Å².